The van der Waals surface area contributed by atoms with Gasteiger partial charge in [0.2, 0.25) is 5.91 Å². The van der Waals surface area contributed by atoms with Crippen LogP contribution >= 0.6 is 0 Å². The molecule has 1 aromatic carbocycles. The van der Waals surface area contributed by atoms with Crippen molar-refractivity contribution in [2.45, 2.75) is 12.8 Å². The van der Waals surface area contributed by atoms with Crippen LogP contribution < -0.4 is 4.90 Å². The number of aromatic nitrogens is 2. The lowest BCUT2D eigenvalue weighted by Crippen LogP contribution is -2.54. The van der Waals surface area contributed by atoms with Gasteiger partial charge in [0.05, 0.1) is 11.4 Å². The van der Waals surface area contributed by atoms with Crippen molar-refractivity contribution in [2.75, 3.05) is 31.1 Å². The molecule has 22 heavy (non-hydrogen) atoms. The SMILES string of the molecule is O=C(C1CN(c2ncnc3ccc(F)cc23)C1)N1CCCC1. The van der Waals surface area contributed by atoms with Gasteiger partial charge < -0.3 is 9.80 Å². The lowest BCUT2D eigenvalue weighted by molar-refractivity contribution is -0.135. The van der Waals surface area contributed by atoms with E-state index in [0.717, 1.165) is 37.3 Å². The summed E-state index contributed by atoms with van der Waals surface area (Å²) in [5, 5.41) is 0.703. The number of rotatable bonds is 2. The van der Waals surface area contributed by atoms with Crippen molar-refractivity contribution < 1.29 is 9.18 Å². The number of hydrogen-bond acceptors (Lipinski definition) is 4. The average Bonchev–Trinajstić information content (AvgIpc) is 3.00. The quantitative estimate of drug-likeness (QED) is 0.849. The van der Waals surface area contributed by atoms with Crippen molar-refractivity contribution in [3.8, 4) is 0 Å². The molecule has 0 saturated carbocycles. The van der Waals surface area contributed by atoms with Gasteiger partial charge in [-0.05, 0) is 31.0 Å². The topological polar surface area (TPSA) is 49.3 Å². The van der Waals surface area contributed by atoms with Crippen LogP contribution in [0.3, 0.4) is 0 Å². The molecule has 114 valence electrons. The molecule has 2 aliphatic rings. The van der Waals surface area contributed by atoms with Crippen molar-refractivity contribution in [1.29, 1.82) is 0 Å². The standard InChI is InChI=1S/C16H17FN4O/c17-12-3-4-14-13(7-12)15(19-10-18-14)21-8-11(9-21)16(22)20-5-1-2-6-20/h3-4,7,10-11H,1-2,5-6,8-9H2. The molecule has 0 aliphatic carbocycles. The number of carbonyl (C=O) groups is 1. The molecule has 2 saturated heterocycles. The predicted octanol–water partition coefficient (Wildman–Crippen LogP) is 1.83. The summed E-state index contributed by atoms with van der Waals surface area (Å²) in [7, 11) is 0. The first-order valence-corrected chi connectivity index (χ1v) is 7.66. The molecule has 6 heteroatoms. The minimum atomic E-state index is -0.297. The molecule has 3 heterocycles. The Labute approximate surface area is 127 Å². The zero-order chi connectivity index (χ0) is 15.1. The fourth-order valence-corrected chi connectivity index (χ4v) is 3.27. The summed E-state index contributed by atoms with van der Waals surface area (Å²) in [6.07, 6.45) is 3.71. The molecule has 1 amide bonds. The molecular weight excluding hydrogens is 283 g/mol. The van der Waals surface area contributed by atoms with Gasteiger partial charge in [0.1, 0.15) is 18.0 Å². The van der Waals surface area contributed by atoms with Gasteiger partial charge in [-0.25, -0.2) is 14.4 Å². The van der Waals surface area contributed by atoms with Gasteiger partial charge in [0.25, 0.3) is 0 Å². The maximum atomic E-state index is 13.5. The third-order valence-corrected chi connectivity index (χ3v) is 4.52. The second-order valence-electron chi connectivity index (χ2n) is 5.99. The van der Waals surface area contributed by atoms with E-state index in [1.165, 1.54) is 18.5 Å². The maximum Gasteiger partial charge on any atom is 0.229 e. The molecule has 1 aromatic heterocycles. The summed E-state index contributed by atoms with van der Waals surface area (Å²) in [6.45, 7) is 3.07. The number of halogens is 1. The molecule has 0 radical (unpaired) electrons. The summed E-state index contributed by atoms with van der Waals surface area (Å²) < 4.78 is 13.5. The van der Waals surface area contributed by atoms with E-state index >= 15 is 0 Å². The van der Waals surface area contributed by atoms with Gasteiger partial charge >= 0.3 is 0 Å². The Morgan fingerprint density at radius 3 is 2.73 bits per heavy atom. The van der Waals surface area contributed by atoms with Gasteiger partial charge in [0.15, 0.2) is 0 Å². The van der Waals surface area contributed by atoms with Crippen LogP contribution in [0, 0.1) is 11.7 Å². The molecule has 0 unspecified atom stereocenters. The van der Waals surface area contributed by atoms with Gasteiger partial charge in [-0.2, -0.15) is 0 Å². The summed E-state index contributed by atoms with van der Waals surface area (Å²) in [5.41, 5.74) is 0.723. The fourth-order valence-electron chi connectivity index (χ4n) is 3.27. The third kappa shape index (κ3) is 2.19. The Hall–Kier alpha value is -2.24. The van der Waals surface area contributed by atoms with Gasteiger partial charge in [-0.15, -0.1) is 0 Å². The fraction of sp³-hybridized carbons (Fsp3) is 0.438. The van der Waals surface area contributed by atoms with Crippen LogP contribution in [0.25, 0.3) is 10.9 Å². The Morgan fingerprint density at radius 2 is 1.95 bits per heavy atom. The zero-order valence-corrected chi connectivity index (χ0v) is 12.2. The van der Waals surface area contributed by atoms with Crippen LogP contribution in [-0.2, 0) is 4.79 Å². The van der Waals surface area contributed by atoms with Gasteiger partial charge in [0, 0.05) is 31.6 Å². The molecule has 0 atom stereocenters. The highest BCUT2D eigenvalue weighted by Crippen LogP contribution is 2.30. The highest BCUT2D eigenvalue weighted by atomic mass is 19.1. The Kier molecular flexibility index (Phi) is 3.17. The van der Waals surface area contributed by atoms with Crippen molar-refractivity contribution >= 4 is 22.6 Å². The second kappa shape index (κ2) is 5.19. The monoisotopic (exact) mass is 300 g/mol. The van der Waals surface area contributed by atoms with Crippen molar-refractivity contribution in [1.82, 2.24) is 14.9 Å². The number of hydrogen-bond donors (Lipinski definition) is 0. The Bertz CT molecular complexity index is 723. The number of amides is 1. The smallest absolute Gasteiger partial charge is 0.229 e. The molecule has 2 aliphatic heterocycles. The van der Waals surface area contributed by atoms with E-state index < -0.39 is 0 Å². The molecule has 0 N–H and O–H groups in total. The molecular formula is C16H17FN4O. The number of nitrogens with zero attached hydrogens (tertiary/aromatic N) is 4. The van der Waals surface area contributed by atoms with Crippen molar-refractivity contribution in [3.05, 3.63) is 30.3 Å². The van der Waals surface area contributed by atoms with Crippen molar-refractivity contribution in [3.63, 3.8) is 0 Å². The highest BCUT2D eigenvalue weighted by molar-refractivity contribution is 5.91. The Morgan fingerprint density at radius 1 is 1.18 bits per heavy atom. The van der Waals surface area contributed by atoms with Crippen LogP contribution in [0.15, 0.2) is 24.5 Å². The third-order valence-electron chi connectivity index (χ3n) is 4.52. The zero-order valence-electron chi connectivity index (χ0n) is 12.2. The van der Waals surface area contributed by atoms with Crippen molar-refractivity contribution in [2.24, 2.45) is 5.92 Å². The first-order valence-electron chi connectivity index (χ1n) is 7.66. The summed E-state index contributed by atoms with van der Waals surface area (Å²) in [4.78, 5) is 24.8. The highest BCUT2D eigenvalue weighted by Gasteiger charge is 2.37. The van der Waals surface area contributed by atoms with E-state index in [9.17, 15) is 9.18 Å². The van der Waals surface area contributed by atoms with Crippen LogP contribution in [0.4, 0.5) is 10.2 Å². The molecule has 0 spiro atoms. The van der Waals surface area contributed by atoms with E-state index in [-0.39, 0.29) is 17.6 Å². The first kappa shape index (κ1) is 13.4. The number of anilines is 1. The Balaban J connectivity index is 1.53. The van der Waals surface area contributed by atoms with E-state index in [1.54, 1.807) is 6.07 Å². The molecule has 2 fully saturated rings. The lowest BCUT2D eigenvalue weighted by atomic mass is 9.98. The molecule has 2 aromatic rings. The normalized spacial score (nSPS) is 18.8. The summed E-state index contributed by atoms with van der Waals surface area (Å²) in [6, 6.07) is 4.51. The summed E-state index contributed by atoms with van der Waals surface area (Å²) >= 11 is 0. The summed E-state index contributed by atoms with van der Waals surface area (Å²) in [5.74, 6) is 0.707. The van der Waals surface area contributed by atoms with Gasteiger partial charge in [-0.3, -0.25) is 4.79 Å². The second-order valence-corrected chi connectivity index (χ2v) is 5.99. The molecule has 4 rings (SSSR count). The van der Waals surface area contributed by atoms with Gasteiger partial charge in [-0.1, -0.05) is 0 Å². The predicted molar refractivity (Wildman–Crippen MR) is 81.0 cm³/mol. The number of fused-ring (bicyclic) bond motifs is 1. The van der Waals surface area contributed by atoms with E-state index in [1.807, 2.05) is 9.80 Å². The molecule has 0 bridgehead atoms. The largest absolute Gasteiger partial charge is 0.354 e. The van der Waals surface area contributed by atoms with Crippen LogP contribution in [0.1, 0.15) is 12.8 Å². The van der Waals surface area contributed by atoms with Crippen LogP contribution in [0.5, 0.6) is 0 Å². The minimum Gasteiger partial charge on any atom is -0.354 e. The maximum absolute atomic E-state index is 13.5. The molecule has 5 nitrogen and oxygen atoms in total. The average molecular weight is 300 g/mol. The van der Waals surface area contributed by atoms with Crippen LogP contribution in [-0.4, -0.2) is 47.0 Å². The minimum absolute atomic E-state index is 0.0386. The van der Waals surface area contributed by atoms with E-state index in [0.29, 0.717) is 18.5 Å². The van der Waals surface area contributed by atoms with Crippen LogP contribution in [0.2, 0.25) is 0 Å². The van der Waals surface area contributed by atoms with E-state index in [4.69, 9.17) is 0 Å². The number of benzene rings is 1. The lowest BCUT2D eigenvalue weighted by Gasteiger charge is -2.41. The number of carbonyl (C=O) groups excluding carboxylic acids is 1. The first-order chi connectivity index (χ1) is 10.7. The number of likely N-dealkylation sites (tertiary alicyclic amines) is 1. The van der Waals surface area contributed by atoms with E-state index in [2.05, 4.69) is 9.97 Å².